The molecule has 1 heterocycles. The minimum absolute atomic E-state index is 0.254. The molecule has 0 aromatic carbocycles. The van der Waals surface area contributed by atoms with Gasteiger partial charge in [0.15, 0.2) is 0 Å². The summed E-state index contributed by atoms with van der Waals surface area (Å²) in [6.45, 7) is 6.65. The van der Waals surface area contributed by atoms with Crippen molar-refractivity contribution in [2.45, 2.75) is 91.0 Å². The second-order valence-electron chi connectivity index (χ2n) is 6.09. The summed E-state index contributed by atoms with van der Waals surface area (Å²) in [5.41, 5.74) is 7.69. The van der Waals surface area contributed by atoms with Gasteiger partial charge in [0.1, 0.15) is 0 Å². The number of rotatable bonds is 11. The predicted molar refractivity (Wildman–Crippen MR) is 92.6 cm³/mol. The highest BCUT2D eigenvalue weighted by atomic mass is 32.1. The summed E-state index contributed by atoms with van der Waals surface area (Å²) in [4.78, 5) is 2.80. The summed E-state index contributed by atoms with van der Waals surface area (Å²) >= 11 is 1.87. The molecule has 0 aliphatic rings. The van der Waals surface area contributed by atoms with Crippen molar-refractivity contribution in [1.29, 1.82) is 0 Å². The van der Waals surface area contributed by atoms with Gasteiger partial charge in [-0.1, -0.05) is 64.7 Å². The Morgan fingerprint density at radius 1 is 0.950 bits per heavy atom. The topological polar surface area (TPSA) is 26.0 Å². The van der Waals surface area contributed by atoms with Crippen LogP contribution in [-0.2, 0) is 0 Å². The molecular formula is C18H33NS. The molecule has 0 spiro atoms. The summed E-state index contributed by atoms with van der Waals surface area (Å²) in [5, 5.41) is 0. The van der Waals surface area contributed by atoms with Crippen molar-refractivity contribution in [1.82, 2.24) is 0 Å². The summed E-state index contributed by atoms with van der Waals surface area (Å²) < 4.78 is 0. The van der Waals surface area contributed by atoms with Crippen LogP contribution < -0.4 is 5.73 Å². The van der Waals surface area contributed by atoms with Gasteiger partial charge >= 0.3 is 0 Å². The molecule has 1 atom stereocenters. The van der Waals surface area contributed by atoms with Crippen LogP contribution in [0.15, 0.2) is 6.07 Å². The van der Waals surface area contributed by atoms with Crippen LogP contribution in [0.5, 0.6) is 0 Å². The largest absolute Gasteiger partial charge is 0.324 e. The molecule has 2 heteroatoms. The van der Waals surface area contributed by atoms with Gasteiger partial charge in [-0.25, -0.2) is 0 Å². The Hall–Kier alpha value is -0.340. The second kappa shape index (κ2) is 10.4. The van der Waals surface area contributed by atoms with Gasteiger partial charge in [-0.15, -0.1) is 11.3 Å². The highest BCUT2D eigenvalue weighted by Gasteiger charge is 2.11. The SMILES string of the molecule is CCCCCCCCCCCC(N)c1cc(C)sc1C. The number of hydrogen-bond donors (Lipinski definition) is 1. The normalized spacial score (nSPS) is 12.8. The zero-order valence-electron chi connectivity index (χ0n) is 13.7. The maximum atomic E-state index is 6.31. The Labute approximate surface area is 130 Å². The van der Waals surface area contributed by atoms with E-state index in [1.54, 1.807) is 0 Å². The fourth-order valence-electron chi connectivity index (χ4n) is 2.85. The van der Waals surface area contributed by atoms with E-state index < -0.39 is 0 Å². The molecule has 20 heavy (non-hydrogen) atoms. The van der Waals surface area contributed by atoms with E-state index in [9.17, 15) is 0 Å². The first-order chi connectivity index (χ1) is 9.65. The minimum Gasteiger partial charge on any atom is -0.324 e. The number of unbranched alkanes of at least 4 members (excludes halogenated alkanes) is 8. The fraction of sp³-hybridized carbons (Fsp3) is 0.778. The highest BCUT2D eigenvalue weighted by molar-refractivity contribution is 7.12. The van der Waals surface area contributed by atoms with Crippen molar-refractivity contribution < 1.29 is 0 Å². The van der Waals surface area contributed by atoms with Crippen LogP contribution in [0.1, 0.15) is 92.5 Å². The van der Waals surface area contributed by atoms with Crippen molar-refractivity contribution in [2.24, 2.45) is 5.73 Å². The van der Waals surface area contributed by atoms with Crippen molar-refractivity contribution in [3.8, 4) is 0 Å². The van der Waals surface area contributed by atoms with Crippen molar-refractivity contribution >= 4 is 11.3 Å². The van der Waals surface area contributed by atoms with Crippen LogP contribution in [-0.4, -0.2) is 0 Å². The molecule has 0 aliphatic carbocycles. The Morgan fingerprint density at radius 3 is 2.00 bits per heavy atom. The van der Waals surface area contributed by atoms with E-state index >= 15 is 0 Å². The number of thiophene rings is 1. The van der Waals surface area contributed by atoms with Gasteiger partial charge in [0.2, 0.25) is 0 Å². The zero-order chi connectivity index (χ0) is 14.8. The Kier molecular flexibility index (Phi) is 9.21. The minimum atomic E-state index is 0.254. The monoisotopic (exact) mass is 295 g/mol. The lowest BCUT2D eigenvalue weighted by molar-refractivity contribution is 0.532. The summed E-state index contributed by atoms with van der Waals surface area (Å²) in [5.74, 6) is 0. The predicted octanol–water partition coefficient (Wildman–Crippen LogP) is 6.29. The number of nitrogens with two attached hydrogens (primary N) is 1. The van der Waals surface area contributed by atoms with E-state index in [0.29, 0.717) is 0 Å². The van der Waals surface area contributed by atoms with Crippen molar-refractivity contribution in [3.63, 3.8) is 0 Å². The first-order valence-corrected chi connectivity index (χ1v) is 9.29. The third-order valence-electron chi connectivity index (χ3n) is 4.10. The lowest BCUT2D eigenvalue weighted by Crippen LogP contribution is -2.10. The first kappa shape index (κ1) is 17.7. The van der Waals surface area contributed by atoms with Crippen LogP contribution in [0, 0.1) is 13.8 Å². The van der Waals surface area contributed by atoms with Gasteiger partial charge in [0.25, 0.3) is 0 Å². The molecule has 0 saturated heterocycles. The number of hydrogen-bond acceptors (Lipinski definition) is 2. The number of aryl methyl sites for hydroxylation is 2. The van der Waals surface area contributed by atoms with Gasteiger partial charge < -0.3 is 5.73 Å². The lowest BCUT2D eigenvalue weighted by atomic mass is 10.0. The third-order valence-corrected chi connectivity index (χ3v) is 5.08. The van der Waals surface area contributed by atoms with Crippen LogP contribution in [0.4, 0.5) is 0 Å². The Morgan fingerprint density at radius 2 is 1.50 bits per heavy atom. The Balaban J connectivity index is 2.02. The van der Waals surface area contributed by atoms with Crippen molar-refractivity contribution in [3.05, 3.63) is 21.4 Å². The molecule has 0 amide bonds. The van der Waals surface area contributed by atoms with Gasteiger partial charge in [0, 0.05) is 15.8 Å². The van der Waals surface area contributed by atoms with Gasteiger partial charge in [-0.05, 0) is 31.9 Å². The van der Waals surface area contributed by atoms with E-state index in [1.165, 1.54) is 73.1 Å². The zero-order valence-corrected chi connectivity index (χ0v) is 14.5. The highest BCUT2D eigenvalue weighted by Crippen LogP contribution is 2.28. The standard InChI is InChI=1S/C18H33NS/c1-4-5-6-7-8-9-10-11-12-13-18(19)17-14-15(2)20-16(17)3/h14,18H,4-13,19H2,1-3H3. The van der Waals surface area contributed by atoms with Crippen LogP contribution in [0.25, 0.3) is 0 Å². The van der Waals surface area contributed by atoms with Gasteiger partial charge in [0.05, 0.1) is 0 Å². The average Bonchev–Trinajstić information content (AvgIpc) is 2.75. The van der Waals surface area contributed by atoms with Crippen LogP contribution >= 0.6 is 11.3 Å². The third kappa shape index (κ3) is 6.90. The fourth-order valence-corrected chi connectivity index (χ4v) is 3.85. The maximum Gasteiger partial charge on any atom is 0.0305 e. The first-order valence-electron chi connectivity index (χ1n) is 8.47. The van der Waals surface area contributed by atoms with Gasteiger partial charge in [-0.2, -0.15) is 0 Å². The summed E-state index contributed by atoms with van der Waals surface area (Å²) in [6.07, 6.45) is 13.6. The molecule has 1 aromatic heterocycles. The average molecular weight is 296 g/mol. The smallest absolute Gasteiger partial charge is 0.0305 e. The summed E-state index contributed by atoms with van der Waals surface area (Å²) in [6, 6.07) is 2.53. The van der Waals surface area contributed by atoms with E-state index in [2.05, 4.69) is 26.8 Å². The molecule has 1 rings (SSSR count). The molecule has 0 saturated carbocycles. The van der Waals surface area contributed by atoms with Crippen LogP contribution in [0.2, 0.25) is 0 Å². The van der Waals surface area contributed by atoms with E-state index in [0.717, 1.165) is 6.42 Å². The molecule has 0 radical (unpaired) electrons. The Bertz CT molecular complexity index is 356. The van der Waals surface area contributed by atoms with E-state index in [-0.39, 0.29) is 6.04 Å². The lowest BCUT2D eigenvalue weighted by Gasteiger charge is -2.11. The molecular weight excluding hydrogens is 262 g/mol. The van der Waals surface area contributed by atoms with Gasteiger partial charge in [-0.3, -0.25) is 0 Å². The van der Waals surface area contributed by atoms with E-state index in [1.807, 2.05) is 11.3 Å². The molecule has 0 aliphatic heterocycles. The summed E-state index contributed by atoms with van der Waals surface area (Å²) in [7, 11) is 0. The van der Waals surface area contributed by atoms with Crippen molar-refractivity contribution in [2.75, 3.05) is 0 Å². The quantitative estimate of drug-likeness (QED) is 0.477. The van der Waals surface area contributed by atoms with Crippen LogP contribution in [0.3, 0.4) is 0 Å². The molecule has 116 valence electrons. The van der Waals surface area contributed by atoms with E-state index in [4.69, 9.17) is 5.73 Å². The molecule has 1 aromatic rings. The second-order valence-corrected chi connectivity index (χ2v) is 7.55. The molecule has 0 fully saturated rings. The molecule has 1 unspecified atom stereocenters. The molecule has 0 bridgehead atoms. The maximum absolute atomic E-state index is 6.31. The molecule has 1 nitrogen and oxygen atoms in total. The molecule has 2 N–H and O–H groups in total.